The van der Waals surface area contributed by atoms with Crippen molar-refractivity contribution in [3.8, 4) is 5.75 Å². The van der Waals surface area contributed by atoms with Gasteiger partial charge in [-0.05, 0) is 43.2 Å². The van der Waals surface area contributed by atoms with Crippen LogP contribution < -0.4 is 10.1 Å². The van der Waals surface area contributed by atoms with Crippen LogP contribution in [0.25, 0.3) is 11.0 Å². The molecule has 1 saturated heterocycles. The van der Waals surface area contributed by atoms with E-state index in [4.69, 9.17) is 27.9 Å². The van der Waals surface area contributed by atoms with Gasteiger partial charge in [-0.3, -0.25) is 9.59 Å². The number of aromatic amines is 1. The van der Waals surface area contributed by atoms with E-state index in [0.717, 1.165) is 11.0 Å². The summed E-state index contributed by atoms with van der Waals surface area (Å²) in [5.74, 6) is -0.117. The highest BCUT2D eigenvalue weighted by atomic mass is 35.5. The number of ether oxygens (including phenoxy) is 1. The quantitative estimate of drug-likeness (QED) is 0.635. The zero-order valence-corrected chi connectivity index (χ0v) is 17.8. The highest BCUT2D eigenvalue weighted by molar-refractivity contribution is 6.37. The number of likely N-dealkylation sites (tertiary alicyclic amines) is 1. The Morgan fingerprint density at radius 3 is 2.63 bits per heavy atom. The van der Waals surface area contributed by atoms with E-state index in [1.165, 1.54) is 7.11 Å². The molecule has 2 aromatic carbocycles. The Labute approximate surface area is 183 Å². The molecule has 1 aromatic heterocycles. The summed E-state index contributed by atoms with van der Waals surface area (Å²) in [7, 11) is 1.44. The number of benzene rings is 2. The minimum atomic E-state index is -0.339. The molecule has 30 heavy (non-hydrogen) atoms. The summed E-state index contributed by atoms with van der Waals surface area (Å²) in [4.78, 5) is 34.6. The molecule has 0 spiro atoms. The number of halogens is 2. The van der Waals surface area contributed by atoms with E-state index in [2.05, 4.69) is 15.3 Å². The second kappa shape index (κ2) is 8.53. The summed E-state index contributed by atoms with van der Waals surface area (Å²) in [5.41, 5.74) is 2.49. The molecule has 4 rings (SSSR count). The summed E-state index contributed by atoms with van der Waals surface area (Å²) >= 11 is 12.3. The average molecular weight is 447 g/mol. The van der Waals surface area contributed by atoms with Crippen molar-refractivity contribution in [3.05, 3.63) is 57.8 Å². The van der Waals surface area contributed by atoms with Gasteiger partial charge in [0.15, 0.2) is 5.75 Å². The molecule has 0 radical (unpaired) electrons. The third kappa shape index (κ3) is 3.95. The van der Waals surface area contributed by atoms with Gasteiger partial charge < -0.3 is 19.9 Å². The predicted octanol–water partition coefficient (Wildman–Crippen LogP) is 3.91. The molecule has 0 bridgehead atoms. The van der Waals surface area contributed by atoms with Gasteiger partial charge >= 0.3 is 0 Å². The van der Waals surface area contributed by atoms with Gasteiger partial charge in [0.25, 0.3) is 11.8 Å². The van der Waals surface area contributed by atoms with Crippen LogP contribution in [0.4, 0.5) is 0 Å². The van der Waals surface area contributed by atoms with Gasteiger partial charge in [0.05, 0.1) is 34.5 Å². The number of methoxy groups -OCH3 is 1. The fourth-order valence-electron chi connectivity index (χ4n) is 3.68. The van der Waals surface area contributed by atoms with Gasteiger partial charge in [-0.25, -0.2) is 4.98 Å². The van der Waals surface area contributed by atoms with Crippen LogP contribution in [-0.4, -0.2) is 52.9 Å². The van der Waals surface area contributed by atoms with Crippen molar-refractivity contribution in [3.63, 3.8) is 0 Å². The Morgan fingerprint density at radius 2 is 1.90 bits per heavy atom. The van der Waals surface area contributed by atoms with Gasteiger partial charge in [0.2, 0.25) is 0 Å². The third-order valence-corrected chi connectivity index (χ3v) is 5.89. The van der Waals surface area contributed by atoms with Crippen molar-refractivity contribution in [1.29, 1.82) is 0 Å². The fraction of sp³-hybridized carbons (Fsp3) is 0.286. The number of H-pyrrole nitrogens is 1. The smallest absolute Gasteiger partial charge is 0.256 e. The molecule has 0 unspecified atom stereocenters. The number of hydrogen-bond acceptors (Lipinski definition) is 4. The number of carbonyl (C=O) groups is 2. The third-order valence-electron chi connectivity index (χ3n) is 5.27. The van der Waals surface area contributed by atoms with Crippen LogP contribution in [0.2, 0.25) is 10.0 Å². The van der Waals surface area contributed by atoms with E-state index < -0.39 is 0 Å². The standard InChI is InChI=1S/C21H20Cl2N4O3/c1-30-19-15(23)4-3-14(22)18(19)20(28)26-13-6-8-27(9-7-13)21(29)12-2-5-16-17(10-12)25-11-24-16/h2-5,10-11,13H,6-9H2,1H3,(H,24,25)(H,26,28). The van der Waals surface area contributed by atoms with E-state index in [9.17, 15) is 9.59 Å². The highest BCUT2D eigenvalue weighted by Gasteiger charge is 2.27. The number of nitrogens with one attached hydrogen (secondary N) is 2. The Hall–Kier alpha value is -2.77. The summed E-state index contributed by atoms with van der Waals surface area (Å²) in [6, 6.07) is 8.51. The maximum absolute atomic E-state index is 12.8. The number of aromatic nitrogens is 2. The van der Waals surface area contributed by atoms with Crippen LogP contribution in [0.3, 0.4) is 0 Å². The number of amides is 2. The van der Waals surface area contributed by atoms with Crippen molar-refractivity contribution < 1.29 is 14.3 Å². The van der Waals surface area contributed by atoms with E-state index >= 15 is 0 Å². The molecule has 0 saturated carbocycles. The second-order valence-electron chi connectivity index (χ2n) is 7.11. The number of carbonyl (C=O) groups excluding carboxylic acids is 2. The molecule has 3 aromatic rings. The van der Waals surface area contributed by atoms with Gasteiger partial charge in [-0.1, -0.05) is 23.2 Å². The number of rotatable bonds is 4. The molecule has 0 aliphatic carbocycles. The van der Waals surface area contributed by atoms with Crippen molar-refractivity contribution in [2.45, 2.75) is 18.9 Å². The maximum atomic E-state index is 12.8. The van der Waals surface area contributed by atoms with Crippen molar-refractivity contribution >= 4 is 46.0 Å². The Balaban J connectivity index is 1.39. The predicted molar refractivity (Wildman–Crippen MR) is 115 cm³/mol. The number of piperidine rings is 1. The zero-order valence-electron chi connectivity index (χ0n) is 16.2. The first-order valence-electron chi connectivity index (χ1n) is 9.53. The minimum Gasteiger partial charge on any atom is -0.494 e. The lowest BCUT2D eigenvalue weighted by Gasteiger charge is -2.32. The topological polar surface area (TPSA) is 87.3 Å². The molecule has 0 atom stereocenters. The number of fused-ring (bicyclic) bond motifs is 1. The summed E-state index contributed by atoms with van der Waals surface area (Å²) in [6.07, 6.45) is 2.89. The van der Waals surface area contributed by atoms with Crippen LogP contribution in [-0.2, 0) is 0 Å². The molecule has 1 fully saturated rings. The van der Waals surface area contributed by atoms with Gasteiger partial charge in [-0.2, -0.15) is 0 Å². The number of imidazole rings is 1. The monoisotopic (exact) mass is 446 g/mol. The SMILES string of the molecule is COc1c(Cl)ccc(Cl)c1C(=O)NC1CCN(C(=O)c2ccc3nc[nH]c3c2)CC1. The largest absolute Gasteiger partial charge is 0.494 e. The van der Waals surface area contributed by atoms with Crippen LogP contribution >= 0.6 is 23.2 Å². The highest BCUT2D eigenvalue weighted by Crippen LogP contribution is 2.34. The Kier molecular flexibility index (Phi) is 5.83. The van der Waals surface area contributed by atoms with Crippen LogP contribution in [0.1, 0.15) is 33.6 Å². The van der Waals surface area contributed by atoms with E-state index in [0.29, 0.717) is 36.5 Å². The minimum absolute atomic E-state index is 0.0316. The van der Waals surface area contributed by atoms with Crippen LogP contribution in [0.15, 0.2) is 36.7 Å². The summed E-state index contributed by atoms with van der Waals surface area (Å²) in [5, 5.41) is 3.58. The van der Waals surface area contributed by atoms with Gasteiger partial charge in [0, 0.05) is 24.7 Å². The lowest BCUT2D eigenvalue weighted by molar-refractivity contribution is 0.0698. The molecular formula is C21H20Cl2N4O3. The van der Waals surface area contributed by atoms with E-state index in [1.54, 1.807) is 29.4 Å². The maximum Gasteiger partial charge on any atom is 0.256 e. The summed E-state index contributed by atoms with van der Waals surface area (Å²) < 4.78 is 5.25. The van der Waals surface area contributed by atoms with Crippen molar-refractivity contribution in [1.82, 2.24) is 20.2 Å². The molecule has 2 heterocycles. The molecular weight excluding hydrogens is 427 g/mol. The molecule has 2 amide bonds. The average Bonchev–Trinajstić information content (AvgIpc) is 3.23. The first-order valence-corrected chi connectivity index (χ1v) is 10.3. The normalized spacial score (nSPS) is 14.7. The first kappa shape index (κ1) is 20.5. The molecule has 156 valence electrons. The van der Waals surface area contributed by atoms with Crippen LogP contribution in [0.5, 0.6) is 5.75 Å². The lowest BCUT2D eigenvalue weighted by atomic mass is 10.0. The van der Waals surface area contributed by atoms with Crippen molar-refractivity contribution in [2.75, 3.05) is 20.2 Å². The zero-order chi connectivity index (χ0) is 21.3. The molecule has 2 N–H and O–H groups in total. The van der Waals surface area contributed by atoms with Gasteiger partial charge in [-0.15, -0.1) is 0 Å². The number of nitrogens with zero attached hydrogens (tertiary/aromatic N) is 2. The number of hydrogen-bond donors (Lipinski definition) is 2. The van der Waals surface area contributed by atoms with E-state index in [-0.39, 0.29) is 34.2 Å². The molecule has 1 aliphatic rings. The Morgan fingerprint density at radius 1 is 1.17 bits per heavy atom. The first-order chi connectivity index (χ1) is 14.5. The Bertz CT molecular complexity index is 1110. The lowest BCUT2D eigenvalue weighted by Crippen LogP contribution is -2.46. The van der Waals surface area contributed by atoms with Gasteiger partial charge in [0.1, 0.15) is 5.56 Å². The fourth-order valence-corrected chi connectivity index (χ4v) is 4.15. The van der Waals surface area contributed by atoms with Crippen molar-refractivity contribution in [2.24, 2.45) is 0 Å². The molecule has 7 nitrogen and oxygen atoms in total. The van der Waals surface area contributed by atoms with Crippen LogP contribution in [0, 0.1) is 0 Å². The molecule has 1 aliphatic heterocycles. The molecule has 9 heteroatoms. The summed E-state index contributed by atoms with van der Waals surface area (Å²) in [6.45, 7) is 1.09. The van der Waals surface area contributed by atoms with E-state index in [1.807, 2.05) is 12.1 Å². The second-order valence-corrected chi connectivity index (χ2v) is 7.93.